The maximum atomic E-state index is 5.14. The quantitative estimate of drug-likeness (QED) is 0.785. The first-order valence-corrected chi connectivity index (χ1v) is 6.69. The first-order valence-electron chi connectivity index (χ1n) is 6.69. The van der Waals surface area contributed by atoms with Gasteiger partial charge in [0.15, 0.2) is 0 Å². The van der Waals surface area contributed by atoms with E-state index in [1.54, 1.807) is 14.2 Å². The summed E-state index contributed by atoms with van der Waals surface area (Å²) in [5.74, 6) is 7.99. The summed E-state index contributed by atoms with van der Waals surface area (Å²) in [7, 11) is 3.32. The van der Waals surface area contributed by atoms with Gasteiger partial charge >= 0.3 is 0 Å². The van der Waals surface area contributed by atoms with Crippen molar-refractivity contribution >= 4 is 6.08 Å². The average Bonchev–Trinajstić information content (AvgIpc) is 2.54. The number of methoxy groups -OCH3 is 2. The molecule has 2 rings (SSSR count). The second kappa shape index (κ2) is 7.21. The minimum absolute atomic E-state index is 0.839. The molecule has 0 heterocycles. The van der Waals surface area contributed by atoms with Crippen LogP contribution in [0.1, 0.15) is 18.1 Å². The predicted molar refractivity (Wildman–Crippen MR) is 86.5 cm³/mol. The third-order valence-electron chi connectivity index (χ3n) is 2.99. The molecule has 2 nitrogen and oxygen atoms in total. The van der Waals surface area contributed by atoms with Crippen molar-refractivity contribution in [1.82, 2.24) is 0 Å². The van der Waals surface area contributed by atoms with Crippen molar-refractivity contribution < 1.29 is 9.47 Å². The van der Waals surface area contributed by atoms with E-state index in [0.717, 1.165) is 28.2 Å². The number of hydrogen-bond donors (Lipinski definition) is 0. The zero-order valence-corrected chi connectivity index (χ0v) is 12.5. The Morgan fingerprint density at radius 1 is 0.857 bits per heavy atom. The van der Waals surface area contributed by atoms with Gasteiger partial charge in [0.05, 0.1) is 14.2 Å². The lowest BCUT2D eigenvalue weighted by Crippen LogP contribution is -1.82. The molecule has 0 saturated heterocycles. The van der Waals surface area contributed by atoms with Gasteiger partial charge in [-0.2, -0.15) is 0 Å². The molecule has 0 aliphatic heterocycles. The molecule has 0 N–H and O–H groups in total. The second-order valence-electron chi connectivity index (χ2n) is 4.58. The summed E-state index contributed by atoms with van der Waals surface area (Å²) in [5.41, 5.74) is 3.09. The molecule has 0 unspecified atom stereocenters. The third kappa shape index (κ3) is 4.43. The molecule has 21 heavy (non-hydrogen) atoms. The molecule has 0 atom stereocenters. The van der Waals surface area contributed by atoms with Crippen LogP contribution in [0.5, 0.6) is 11.5 Å². The molecule has 0 amide bonds. The van der Waals surface area contributed by atoms with Crippen LogP contribution in [0.4, 0.5) is 0 Å². The average molecular weight is 278 g/mol. The Balaban J connectivity index is 2.10. The maximum Gasteiger partial charge on any atom is 0.118 e. The number of allylic oxidation sites excluding steroid dienone is 1. The molecule has 2 aromatic rings. The van der Waals surface area contributed by atoms with E-state index in [4.69, 9.17) is 9.47 Å². The van der Waals surface area contributed by atoms with Gasteiger partial charge in [-0.3, -0.25) is 0 Å². The summed E-state index contributed by atoms with van der Waals surface area (Å²) in [5, 5.41) is 0. The van der Waals surface area contributed by atoms with Gasteiger partial charge in [-0.05, 0) is 60.5 Å². The molecule has 0 radical (unpaired) electrons. The number of benzene rings is 2. The fourth-order valence-corrected chi connectivity index (χ4v) is 1.83. The van der Waals surface area contributed by atoms with E-state index < -0.39 is 0 Å². The lowest BCUT2D eigenvalue weighted by Gasteiger charge is -1.99. The van der Waals surface area contributed by atoms with Crippen LogP contribution in [-0.4, -0.2) is 14.2 Å². The molecule has 0 spiro atoms. The Labute approximate surface area is 126 Å². The van der Waals surface area contributed by atoms with Gasteiger partial charge < -0.3 is 9.47 Å². The van der Waals surface area contributed by atoms with Crippen LogP contribution in [0.3, 0.4) is 0 Å². The molecular formula is C19H18O2. The monoisotopic (exact) mass is 278 g/mol. The number of ether oxygens (including phenoxy) is 2. The largest absolute Gasteiger partial charge is 0.497 e. The number of hydrogen-bond acceptors (Lipinski definition) is 2. The summed E-state index contributed by atoms with van der Waals surface area (Å²) >= 11 is 0. The van der Waals surface area contributed by atoms with Crippen LogP contribution in [0.25, 0.3) is 6.08 Å². The first-order chi connectivity index (χ1) is 10.2. The second-order valence-corrected chi connectivity index (χ2v) is 4.58. The van der Waals surface area contributed by atoms with Crippen molar-refractivity contribution in [3.8, 4) is 23.3 Å². The lowest BCUT2D eigenvalue weighted by molar-refractivity contribution is 0.414. The summed E-state index contributed by atoms with van der Waals surface area (Å²) in [6, 6.07) is 15.6. The van der Waals surface area contributed by atoms with Gasteiger partial charge in [-0.1, -0.05) is 24.0 Å². The highest BCUT2D eigenvalue weighted by Crippen LogP contribution is 2.14. The van der Waals surface area contributed by atoms with Crippen LogP contribution < -0.4 is 9.47 Å². The van der Waals surface area contributed by atoms with Crippen LogP contribution >= 0.6 is 0 Å². The minimum Gasteiger partial charge on any atom is -0.497 e. The SMILES string of the molecule is COc1ccc(C#CC(C)=Cc2ccc(OC)cc2)cc1. The highest BCUT2D eigenvalue weighted by atomic mass is 16.5. The zero-order chi connectivity index (χ0) is 15.1. The first kappa shape index (κ1) is 14.7. The highest BCUT2D eigenvalue weighted by Gasteiger charge is 1.92. The van der Waals surface area contributed by atoms with Crippen LogP contribution in [0, 0.1) is 11.8 Å². The summed E-state index contributed by atoms with van der Waals surface area (Å²) < 4.78 is 10.3. The summed E-state index contributed by atoms with van der Waals surface area (Å²) in [6.07, 6.45) is 2.05. The van der Waals surface area contributed by atoms with Crippen molar-refractivity contribution in [2.24, 2.45) is 0 Å². The van der Waals surface area contributed by atoms with E-state index in [9.17, 15) is 0 Å². The van der Waals surface area contributed by atoms with Gasteiger partial charge in [0.2, 0.25) is 0 Å². The molecule has 2 heteroatoms. The molecule has 0 aliphatic rings. The lowest BCUT2D eigenvalue weighted by atomic mass is 10.1. The predicted octanol–water partition coefficient (Wildman–Crippen LogP) is 4.16. The third-order valence-corrected chi connectivity index (χ3v) is 2.99. The Morgan fingerprint density at radius 3 is 1.90 bits per heavy atom. The smallest absolute Gasteiger partial charge is 0.118 e. The highest BCUT2D eigenvalue weighted by molar-refractivity contribution is 5.59. The van der Waals surface area contributed by atoms with Crippen molar-refractivity contribution in [3.63, 3.8) is 0 Å². The molecule has 0 fully saturated rings. The fraction of sp³-hybridized carbons (Fsp3) is 0.158. The van der Waals surface area contributed by atoms with Crippen LogP contribution in [0.15, 0.2) is 54.1 Å². The van der Waals surface area contributed by atoms with E-state index in [1.807, 2.05) is 55.5 Å². The fourth-order valence-electron chi connectivity index (χ4n) is 1.83. The van der Waals surface area contributed by atoms with E-state index in [1.165, 1.54) is 0 Å². The van der Waals surface area contributed by atoms with Gasteiger partial charge in [0.1, 0.15) is 11.5 Å². The zero-order valence-electron chi connectivity index (χ0n) is 12.5. The molecule has 0 saturated carbocycles. The van der Waals surface area contributed by atoms with E-state index in [2.05, 4.69) is 17.9 Å². The van der Waals surface area contributed by atoms with E-state index >= 15 is 0 Å². The molecule has 0 aliphatic carbocycles. The van der Waals surface area contributed by atoms with E-state index in [-0.39, 0.29) is 0 Å². The molecular weight excluding hydrogens is 260 g/mol. The Kier molecular flexibility index (Phi) is 5.06. The minimum atomic E-state index is 0.839. The van der Waals surface area contributed by atoms with Gasteiger partial charge in [-0.15, -0.1) is 0 Å². The van der Waals surface area contributed by atoms with Crippen molar-refractivity contribution in [2.45, 2.75) is 6.92 Å². The summed E-state index contributed by atoms with van der Waals surface area (Å²) in [6.45, 7) is 2.00. The maximum absolute atomic E-state index is 5.14. The number of rotatable bonds is 3. The van der Waals surface area contributed by atoms with Crippen molar-refractivity contribution in [2.75, 3.05) is 14.2 Å². The van der Waals surface area contributed by atoms with Gasteiger partial charge in [0.25, 0.3) is 0 Å². The standard InChI is InChI=1S/C19H18O2/c1-15(14-17-8-12-19(21-3)13-9-17)4-5-16-6-10-18(20-2)11-7-16/h6-14H,1-3H3. The van der Waals surface area contributed by atoms with E-state index in [0.29, 0.717) is 0 Å². The molecule has 2 aromatic carbocycles. The van der Waals surface area contributed by atoms with Crippen molar-refractivity contribution in [1.29, 1.82) is 0 Å². The van der Waals surface area contributed by atoms with Crippen LogP contribution in [0.2, 0.25) is 0 Å². The topological polar surface area (TPSA) is 18.5 Å². The van der Waals surface area contributed by atoms with Crippen molar-refractivity contribution in [3.05, 3.63) is 65.2 Å². The Bertz CT molecular complexity index is 668. The summed E-state index contributed by atoms with van der Waals surface area (Å²) in [4.78, 5) is 0. The molecule has 0 aromatic heterocycles. The van der Waals surface area contributed by atoms with Gasteiger partial charge in [-0.25, -0.2) is 0 Å². The Morgan fingerprint density at radius 2 is 1.38 bits per heavy atom. The normalized spacial score (nSPS) is 10.5. The Hall–Kier alpha value is -2.66. The molecule has 0 bridgehead atoms. The van der Waals surface area contributed by atoms with Crippen LogP contribution in [-0.2, 0) is 0 Å². The molecule has 106 valence electrons. The van der Waals surface area contributed by atoms with Gasteiger partial charge in [0, 0.05) is 5.56 Å².